The molecular formula is C11H10N8O. The van der Waals surface area contributed by atoms with Gasteiger partial charge in [0.1, 0.15) is 12.2 Å². The lowest BCUT2D eigenvalue weighted by molar-refractivity contribution is 0.101. The molecule has 0 radical (unpaired) electrons. The lowest BCUT2D eigenvalue weighted by atomic mass is 10.2. The van der Waals surface area contributed by atoms with Crippen molar-refractivity contribution in [3.8, 4) is 5.69 Å². The molecule has 1 aromatic carbocycles. The Hall–Kier alpha value is -3.10. The number of carbonyl (C=O) groups excluding carboxylic acids is 1. The van der Waals surface area contributed by atoms with E-state index in [9.17, 15) is 4.79 Å². The van der Waals surface area contributed by atoms with E-state index in [2.05, 4.69) is 36.0 Å². The maximum Gasteiger partial charge on any atom is 0.295 e. The highest BCUT2D eigenvalue weighted by molar-refractivity contribution is 6.01. The highest BCUT2D eigenvalue weighted by Gasteiger charge is 2.11. The Morgan fingerprint density at radius 2 is 2.30 bits per heavy atom. The van der Waals surface area contributed by atoms with Gasteiger partial charge in [-0.2, -0.15) is 0 Å². The normalized spacial score (nSPS) is 10.4. The second-order valence-corrected chi connectivity index (χ2v) is 4.00. The van der Waals surface area contributed by atoms with E-state index in [0.717, 1.165) is 5.69 Å². The lowest BCUT2D eigenvalue weighted by Gasteiger charge is -2.05. The number of aryl methyl sites for hydroxylation is 1. The number of amides is 1. The number of benzene rings is 1. The van der Waals surface area contributed by atoms with Gasteiger partial charge in [-0.05, 0) is 35.5 Å². The van der Waals surface area contributed by atoms with Crippen molar-refractivity contribution in [1.29, 1.82) is 0 Å². The quantitative estimate of drug-likeness (QED) is 0.709. The Labute approximate surface area is 113 Å². The van der Waals surface area contributed by atoms with Gasteiger partial charge in [0.15, 0.2) is 0 Å². The van der Waals surface area contributed by atoms with E-state index in [4.69, 9.17) is 0 Å². The zero-order valence-electron chi connectivity index (χ0n) is 10.5. The predicted molar refractivity (Wildman–Crippen MR) is 68.2 cm³/mol. The largest absolute Gasteiger partial charge is 0.319 e. The average molecular weight is 270 g/mol. The summed E-state index contributed by atoms with van der Waals surface area (Å²) in [6.45, 7) is 1.72. The number of hydrogen-bond donors (Lipinski definition) is 2. The number of tetrazole rings is 1. The van der Waals surface area contributed by atoms with Crippen LogP contribution in [0.15, 0.2) is 30.6 Å². The minimum atomic E-state index is -0.386. The Kier molecular flexibility index (Phi) is 2.92. The maximum atomic E-state index is 11.9. The van der Waals surface area contributed by atoms with Crippen molar-refractivity contribution in [2.75, 3.05) is 5.32 Å². The first-order valence-electron chi connectivity index (χ1n) is 5.76. The summed E-state index contributed by atoms with van der Waals surface area (Å²) < 4.78 is 1.49. The van der Waals surface area contributed by atoms with Gasteiger partial charge in [0.2, 0.25) is 5.82 Å². The van der Waals surface area contributed by atoms with Gasteiger partial charge in [0.25, 0.3) is 5.91 Å². The third-order valence-corrected chi connectivity index (χ3v) is 2.52. The van der Waals surface area contributed by atoms with Crippen molar-refractivity contribution >= 4 is 11.6 Å². The van der Waals surface area contributed by atoms with Crippen molar-refractivity contribution in [1.82, 2.24) is 35.4 Å². The van der Waals surface area contributed by atoms with Gasteiger partial charge in [-0.1, -0.05) is 6.07 Å². The van der Waals surface area contributed by atoms with Crippen LogP contribution in [0.25, 0.3) is 5.69 Å². The molecule has 2 N–H and O–H groups in total. The molecule has 0 bridgehead atoms. The van der Waals surface area contributed by atoms with Crippen LogP contribution in [-0.2, 0) is 0 Å². The summed E-state index contributed by atoms with van der Waals surface area (Å²) in [6.07, 6.45) is 1.47. The molecule has 0 fully saturated rings. The van der Waals surface area contributed by atoms with Crippen LogP contribution in [0, 0.1) is 6.92 Å². The SMILES string of the molecule is Cc1nc(C(=O)Nc2cccc(-n3cnnn3)c2)n[nH]1. The average Bonchev–Trinajstić information content (AvgIpc) is 3.10. The number of aromatic nitrogens is 7. The number of H-pyrrole nitrogens is 1. The molecule has 0 saturated carbocycles. The van der Waals surface area contributed by atoms with E-state index in [1.807, 2.05) is 6.07 Å². The van der Waals surface area contributed by atoms with Crippen molar-refractivity contribution in [2.24, 2.45) is 0 Å². The molecule has 100 valence electrons. The molecule has 3 aromatic rings. The van der Waals surface area contributed by atoms with Crippen LogP contribution in [0.4, 0.5) is 5.69 Å². The maximum absolute atomic E-state index is 11.9. The summed E-state index contributed by atoms with van der Waals surface area (Å²) in [6, 6.07) is 7.11. The summed E-state index contributed by atoms with van der Waals surface area (Å²) in [5.74, 6) is 0.288. The molecule has 9 nitrogen and oxygen atoms in total. The molecule has 0 aliphatic carbocycles. The van der Waals surface area contributed by atoms with Crippen LogP contribution >= 0.6 is 0 Å². The zero-order valence-corrected chi connectivity index (χ0v) is 10.5. The Morgan fingerprint density at radius 1 is 1.40 bits per heavy atom. The lowest BCUT2D eigenvalue weighted by Crippen LogP contribution is -2.14. The van der Waals surface area contributed by atoms with Gasteiger partial charge >= 0.3 is 0 Å². The minimum absolute atomic E-state index is 0.0929. The molecule has 9 heteroatoms. The van der Waals surface area contributed by atoms with E-state index in [1.165, 1.54) is 11.0 Å². The molecule has 3 rings (SSSR count). The van der Waals surface area contributed by atoms with E-state index in [1.54, 1.807) is 25.1 Å². The molecule has 2 heterocycles. The summed E-state index contributed by atoms with van der Waals surface area (Å²) >= 11 is 0. The third kappa shape index (κ3) is 2.36. The number of aromatic amines is 1. The van der Waals surface area contributed by atoms with Gasteiger partial charge in [-0.15, -0.1) is 10.2 Å². The Morgan fingerprint density at radius 3 is 3.00 bits per heavy atom. The Balaban J connectivity index is 1.81. The number of hydrogen-bond acceptors (Lipinski definition) is 6. The summed E-state index contributed by atoms with van der Waals surface area (Å²) in [4.78, 5) is 15.9. The number of nitrogens with one attached hydrogen (secondary N) is 2. The third-order valence-electron chi connectivity index (χ3n) is 2.52. The predicted octanol–water partition coefficient (Wildman–Crippen LogP) is 0.341. The van der Waals surface area contributed by atoms with Crippen molar-refractivity contribution < 1.29 is 4.79 Å². The topological polar surface area (TPSA) is 114 Å². The second-order valence-electron chi connectivity index (χ2n) is 4.00. The van der Waals surface area contributed by atoms with Gasteiger partial charge in [-0.25, -0.2) is 9.67 Å². The van der Waals surface area contributed by atoms with Gasteiger partial charge in [0, 0.05) is 5.69 Å². The fourth-order valence-corrected chi connectivity index (χ4v) is 1.64. The zero-order chi connectivity index (χ0) is 13.9. The summed E-state index contributed by atoms with van der Waals surface area (Å²) in [5.41, 5.74) is 1.34. The van der Waals surface area contributed by atoms with Crippen molar-refractivity contribution in [2.45, 2.75) is 6.92 Å². The van der Waals surface area contributed by atoms with E-state index < -0.39 is 0 Å². The highest BCUT2D eigenvalue weighted by atomic mass is 16.2. The second kappa shape index (κ2) is 4.88. The van der Waals surface area contributed by atoms with Crippen molar-refractivity contribution in [3.63, 3.8) is 0 Å². The van der Waals surface area contributed by atoms with Gasteiger partial charge in [-0.3, -0.25) is 9.89 Å². The molecule has 0 unspecified atom stereocenters. The summed E-state index contributed by atoms with van der Waals surface area (Å²) in [5, 5.41) is 20.0. The molecule has 1 amide bonds. The molecule has 0 aliphatic rings. The Bertz CT molecular complexity index is 732. The molecule has 2 aromatic heterocycles. The van der Waals surface area contributed by atoms with Gasteiger partial charge < -0.3 is 5.32 Å². The number of nitrogens with zero attached hydrogens (tertiary/aromatic N) is 6. The highest BCUT2D eigenvalue weighted by Crippen LogP contribution is 2.13. The molecule has 20 heavy (non-hydrogen) atoms. The van der Waals surface area contributed by atoms with Crippen molar-refractivity contribution in [3.05, 3.63) is 42.2 Å². The van der Waals surface area contributed by atoms with Crippen LogP contribution in [0.3, 0.4) is 0 Å². The molecule has 0 saturated heterocycles. The minimum Gasteiger partial charge on any atom is -0.319 e. The van der Waals surface area contributed by atoms with Crippen LogP contribution < -0.4 is 5.32 Å². The van der Waals surface area contributed by atoms with Crippen LogP contribution in [0.1, 0.15) is 16.4 Å². The monoisotopic (exact) mass is 270 g/mol. The van der Waals surface area contributed by atoms with E-state index in [0.29, 0.717) is 11.5 Å². The summed E-state index contributed by atoms with van der Waals surface area (Å²) in [7, 11) is 0. The van der Waals surface area contributed by atoms with Crippen LogP contribution in [0.5, 0.6) is 0 Å². The van der Waals surface area contributed by atoms with E-state index >= 15 is 0 Å². The molecule has 0 aliphatic heterocycles. The first-order valence-corrected chi connectivity index (χ1v) is 5.76. The van der Waals surface area contributed by atoms with Crippen LogP contribution in [0.2, 0.25) is 0 Å². The fourth-order valence-electron chi connectivity index (χ4n) is 1.64. The fraction of sp³-hybridized carbons (Fsp3) is 0.0909. The van der Waals surface area contributed by atoms with Gasteiger partial charge in [0.05, 0.1) is 5.69 Å². The molecule has 0 atom stereocenters. The number of anilines is 1. The number of carbonyl (C=O) groups is 1. The van der Waals surface area contributed by atoms with E-state index in [-0.39, 0.29) is 11.7 Å². The first-order chi connectivity index (χ1) is 9.72. The van der Waals surface area contributed by atoms with Crippen LogP contribution in [-0.4, -0.2) is 41.3 Å². The molecular weight excluding hydrogens is 260 g/mol. The smallest absolute Gasteiger partial charge is 0.295 e. The molecule has 0 spiro atoms. The standard InChI is InChI=1S/C11H10N8O/c1-7-13-10(16-15-7)11(20)14-8-3-2-4-9(5-8)19-6-12-17-18-19/h2-6H,1H3,(H,14,20)(H,13,15,16). The number of rotatable bonds is 3. The first kappa shape index (κ1) is 12.0.